The molecule has 0 spiro atoms. The van der Waals surface area contributed by atoms with E-state index in [0.29, 0.717) is 13.1 Å². The lowest BCUT2D eigenvalue weighted by Gasteiger charge is -2.38. The van der Waals surface area contributed by atoms with Crippen LogP contribution < -0.4 is 5.32 Å². The highest BCUT2D eigenvalue weighted by molar-refractivity contribution is 5.79. The van der Waals surface area contributed by atoms with Gasteiger partial charge in [-0.3, -0.25) is 4.79 Å². The largest absolute Gasteiger partial charge is 0.481 e. The van der Waals surface area contributed by atoms with Crippen LogP contribution in [-0.4, -0.2) is 41.1 Å². The number of nitrogens with zero attached hydrogens (tertiary/aromatic N) is 1. The fourth-order valence-electron chi connectivity index (χ4n) is 3.07. The molecule has 2 fully saturated rings. The van der Waals surface area contributed by atoms with E-state index in [0.717, 1.165) is 18.8 Å². The average Bonchev–Trinajstić information content (AvgIpc) is 2.29. The van der Waals surface area contributed by atoms with Gasteiger partial charge in [-0.1, -0.05) is 19.8 Å². The molecule has 0 unspecified atom stereocenters. The van der Waals surface area contributed by atoms with Gasteiger partial charge in [0.15, 0.2) is 0 Å². The minimum Gasteiger partial charge on any atom is -0.481 e. The van der Waals surface area contributed by atoms with E-state index in [9.17, 15) is 9.59 Å². The summed E-state index contributed by atoms with van der Waals surface area (Å²) in [6.45, 7) is 2.93. The van der Waals surface area contributed by atoms with E-state index in [1.807, 2.05) is 0 Å². The first-order valence-electron chi connectivity index (χ1n) is 7.38. The zero-order valence-electron chi connectivity index (χ0n) is 11.6. The van der Waals surface area contributed by atoms with Crippen molar-refractivity contribution >= 4 is 12.0 Å². The van der Waals surface area contributed by atoms with Crippen LogP contribution in [0.15, 0.2) is 0 Å². The maximum atomic E-state index is 11.9. The molecule has 0 aromatic rings. The topological polar surface area (TPSA) is 69.6 Å². The van der Waals surface area contributed by atoms with Crippen molar-refractivity contribution in [1.82, 2.24) is 10.2 Å². The molecule has 1 aliphatic carbocycles. The van der Waals surface area contributed by atoms with Crippen molar-refractivity contribution in [3.8, 4) is 0 Å². The lowest BCUT2D eigenvalue weighted by atomic mass is 9.83. The lowest BCUT2D eigenvalue weighted by molar-refractivity contribution is -0.146. The number of hydrogen-bond donors (Lipinski definition) is 2. The standard InChI is InChI=1S/C14H24N2O3/c1-2-3-10-4-6-12(7-5-10)15-14(19)16-8-11(9-16)13(17)18/h10-12H,2-9H2,1H3,(H,15,19)(H,17,18). The Morgan fingerprint density at radius 3 is 2.37 bits per heavy atom. The van der Waals surface area contributed by atoms with Gasteiger partial charge in [-0.2, -0.15) is 0 Å². The molecular weight excluding hydrogens is 244 g/mol. The number of nitrogens with one attached hydrogen (secondary N) is 1. The Labute approximate surface area is 114 Å². The van der Waals surface area contributed by atoms with E-state index in [1.165, 1.54) is 25.7 Å². The zero-order valence-corrected chi connectivity index (χ0v) is 11.6. The van der Waals surface area contributed by atoms with Crippen LogP contribution in [0.1, 0.15) is 45.4 Å². The van der Waals surface area contributed by atoms with Crippen LogP contribution in [0, 0.1) is 11.8 Å². The van der Waals surface area contributed by atoms with E-state index >= 15 is 0 Å². The second-order valence-electron chi connectivity index (χ2n) is 5.90. The highest BCUT2D eigenvalue weighted by Crippen LogP contribution is 2.28. The van der Waals surface area contributed by atoms with Crippen molar-refractivity contribution in [2.45, 2.75) is 51.5 Å². The molecule has 5 heteroatoms. The van der Waals surface area contributed by atoms with Crippen molar-refractivity contribution in [2.75, 3.05) is 13.1 Å². The minimum absolute atomic E-state index is 0.0866. The fraction of sp³-hybridized carbons (Fsp3) is 0.857. The maximum absolute atomic E-state index is 11.9. The average molecular weight is 268 g/mol. The van der Waals surface area contributed by atoms with E-state index in [2.05, 4.69) is 12.2 Å². The molecule has 2 aliphatic rings. The third kappa shape index (κ3) is 3.61. The highest BCUT2D eigenvalue weighted by atomic mass is 16.4. The van der Waals surface area contributed by atoms with Crippen LogP contribution in [-0.2, 0) is 4.79 Å². The number of rotatable bonds is 4. The van der Waals surface area contributed by atoms with Crippen LogP contribution in [0.2, 0.25) is 0 Å². The van der Waals surface area contributed by atoms with Gasteiger partial charge in [0.05, 0.1) is 5.92 Å². The van der Waals surface area contributed by atoms with Crippen LogP contribution in [0.5, 0.6) is 0 Å². The van der Waals surface area contributed by atoms with Crippen molar-refractivity contribution < 1.29 is 14.7 Å². The number of urea groups is 1. The molecule has 0 aromatic carbocycles. The van der Waals surface area contributed by atoms with Crippen molar-refractivity contribution in [2.24, 2.45) is 11.8 Å². The molecule has 2 rings (SSSR count). The first kappa shape index (κ1) is 14.2. The number of hydrogen-bond acceptors (Lipinski definition) is 2. The molecule has 0 bridgehead atoms. The quantitative estimate of drug-likeness (QED) is 0.820. The monoisotopic (exact) mass is 268 g/mol. The van der Waals surface area contributed by atoms with Crippen molar-refractivity contribution in [3.63, 3.8) is 0 Å². The van der Waals surface area contributed by atoms with Gasteiger partial charge in [0, 0.05) is 19.1 Å². The van der Waals surface area contributed by atoms with Gasteiger partial charge in [0.1, 0.15) is 0 Å². The SMILES string of the molecule is CCCC1CCC(NC(=O)N2CC(C(=O)O)C2)CC1. The van der Waals surface area contributed by atoms with Gasteiger partial charge in [0.2, 0.25) is 0 Å². The number of likely N-dealkylation sites (tertiary alicyclic amines) is 1. The molecule has 1 heterocycles. The number of carbonyl (C=O) groups is 2. The Morgan fingerprint density at radius 2 is 1.84 bits per heavy atom. The van der Waals surface area contributed by atoms with E-state index in [-0.39, 0.29) is 18.0 Å². The molecule has 0 atom stereocenters. The summed E-state index contributed by atoms with van der Waals surface area (Å²) in [5.74, 6) is -0.339. The van der Waals surface area contributed by atoms with Gasteiger partial charge in [-0.05, 0) is 31.6 Å². The molecule has 2 N–H and O–H groups in total. The number of carboxylic acids is 1. The summed E-state index contributed by atoms with van der Waals surface area (Å²) in [6, 6.07) is 0.195. The summed E-state index contributed by atoms with van der Waals surface area (Å²) in [4.78, 5) is 24.2. The smallest absolute Gasteiger partial charge is 0.317 e. The van der Waals surface area contributed by atoms with Crippen LogP contribution in [0.4, 0.5) is 4.79 Å². The number of amides is 2. The Morgan fingerprint density at radius 1 is 1.21 bits per heavy atom. The van der Waals surface area contributed by atoms with Crippen molar-refractivity contribution in [3.05, 3.63) is 0 Å². The van der Waals surface area contributed by atoms with Gasteiger partial charge in [0.25, 0.3) is 0 Å². The summed E-state index contributed by atoms with van der Waals surface area (Å²) in [5.41, 5.74) is 0. The third-order valence-electron chi connectivity index (χ3n) is 4.39. The predicted molar refractivity (Wildman–Crippen MR) is 71.9 cm³/mol. The molecule has 19 heavy (non-hydrogen) atoms. The highest BCUT2D eigenvalue weighted by Gasteiger charge is 2.36. The number of carbonyl (C=O) groups excluding carboxylic acids is 1. The van der Waals surface area contributed by atoms with Crippen LogP contribution in [0.25, 0.3) is 0 Å². The fourth-order valence-corrected chi connectivity index (χ4v) is 3.07. The summed E-state index contributed by atoms with van der Waals surface area (Å²) in [7, 11) is 0. The summed E-state index contributed by atoms with van der Waals surface area (Å²) in [5, 5.41) is 11.8. The third-order valence-corrected chi connectivity index (χ3v) is 4.39. The molecule has 0 radical (unpaired) electrons. The molecule has 1 saturated carbocycles. The Hall–Kier alpha value is -1.26. The predicted octanol–water partition coefficient (Wildman–Crippen LogP) is 2.07. The van der Waals surface area contributed by atoms with Gasteiger partial charge in [-0.15, -0.1) is 0 Å². The van der Waals surface area contributed by atoms with Crippen molar-refractivity contribution in [1.29, 1.82) is 0 Å². The van der Waals surface area contributed by atoms with E-state index in [1.54, 1.807) is 4.90 Å². The molecule has 2 amide bonds. The molecule has 108 valence electrons. The summed E-state index contributed by atoms with van der Waals surface area (Å²) < 4.78 is 0. The Bertz CT molecular complexity index is 332. The Kier molecular flexibility index (Phi) is 4.66. The Balaban J connectivity index is 1.66. The molecule has 1 saturated heterocycles. The maximum Gasteiger partial charge on any atom is 0.317 e. The molecule has 0 aromatic heterocycles. The number of aliphatic carboxylic acids is 1. The van der Waals surface area contributed by atoms with Gasteiger partial charge in [-0.25, -0.2) is 4.79 Å². The first-order chi connectivity index (χ1) is 9.10. The van der Waals surface area contributed by atoms with Crippen LogP contribution >= 0.6 is 0 Å². The normalized spacial score (nSPS) is 27.7. The van der Waals surface area contributed by atoms with Gasteiger partial charge >= 0.3 is 12.0 Å². The van der Waals surface area contributed by atoms with E-state index < -0.39 is 5.97 Å². The molecule has 1 aliphatic heterocycles. The lowest BCUT2D eigenvalue weighted by Crippen LogP contribution is -2.57. The first-order valence-corrected chi connectivity index (χ1v) is 7.38. The second kappa shape index (κ2) is 6.26. The summed E-state index contributed by atoms with van der Waals surface area (Å²) >= 11 is 0. The second-order valence-corrected chi connectivity index (χ2v) is 5.90. The van der Waals surface area contributed by atoms with Crippen LogP contribution in [0.3, 0.4) is 0 Å². The number of carboxylic acid groups (broad SMARTS) is 1. The zero-order chi connectivity index (χ0) is 13.8. The summed E-state index contributed by atoms with van der Waals surface area (Å²) in [6.07, 6.45) is 7.07. The van der Waals surface area contributed by atoms with Gasteiger partial charge < -0.3 is 15.3 Å². The molecule has 5 nitrogen and oxygen atoms in total. The van der Waals surface area contributed by atoms with E-state index in [4.69, 9.17) is 5.11 Å². The molecular formula is C14H24N2O3. The minimum atomic E-state index is -0.802.